The summed E-state index contributed by atoms with van der Waals surface area (Å²) in [6, 6.07) is -1.62. The third kappa shape index (κ3) is 3.09. The third-order valence-corrected chi connectivity index (χ3v) is 5.37. The van der Waals surface area contributed by atoms with E-state index in [9.17, 15) is 40.9 Å². The summed E-state index contributed by atoms with van der Waals surface area (Å²) < 4.78 is 10.8. The van der Waals surface area contributed by atoms with Crippen LogP contribution in [0.2, 0.25) is 0 Å². The minimum absolute atomic E-state index is 0.0419. The quantitative estimate of drug-likeness (QED) is 0.237. The number of hydrogen-bond donors (Lipinski definition) is 8. The molecule has 0 aromatic carbocycles. The van der Waals surface area contributed by atoms with Gasteiger partial charge in [-0.1, -0.05) is 0 Å². The second kappa shape index (κ2) is 7.29. The van der Waals surface area contributed by atoms with Crippen LogP contribution >= 0.6 is 0 Å². The number of ether oxygens (including phenoxy) is 2. The lowest BCUT2D eigenvalue weighted by Crippen LogP contribution is -2.60. The molecule has 3 heterocycles. The number of hydrogen-bond acceptors (Lipinski definition) is 11. The number of rotatable bonds is 4. The highest BCUT2D eigenvalue weighted by atomic mass is 16.7. The Labute approximate surface area is 143 Å². The van der Waals surface area contributed by atoms with Gasteiger partial charge in [0, 0.05) is 6.54 Å². The molecule has 11 atom stereocenters. The van der Waals surface area contributed by atoms with Crippen molar-refractivity contribution in [2.75, 3.05) is 19.8 Å². The van der Waals surface area contributed by atoms with E-state index in [-0.39, 0.29) is 6.54 Å². The molecule has 0 aliphatic carbocycles. The molecule has 3 saturated heterocycles. The van der Waals surface area contributed by atoms with Crippen molar-refractivity contribution >= 4 is 0 Å². The second-order valence-electron chi connectivity index (χ2n) is 6.78. The third-order valence-electron chi connectivity index (χ3n) is 5.37. The zero-order valence-corrected chi connectivity index (χ0v) is 13.3. The predicted octanol–water partition coefficient (Wildman–Crippen LogP) is -5.69. The van der Waals surface area contributed by atoms with Gasteiger partial charge in [-0.25, -0.2) is 0 Å². The van der Waals surface area contributed by atoms with Crippen molar-refractivity contribution in [2.24, 2.45) is 0 Å². The van der Waals surface area contributed by atoms with Gasteiger partial charge in [0.25, 0.3) is 0 Å². The monoisotopic (exact) mass is 367 g/mol. The van der Waals surface area contributed by atoms with Gasteiger partial charge in [0.05, 0.1) is 43.6 Å². The lowest BCUT2D eigenvalue weighted by molar-refractivity contribution is -0.314. The fourth-order valence-electron chi connectivity index (χ4n) is 3.92. The summed E-state index contributed by atoms with van der Waals surface area (Å²) in [5.41, 5.74) is 0. The number of nitrogens with zero attached hydrogens (tertiary/aromatic N) is 1. The van der Waals surface area contributed by atoms with E-state index >= 15 is 0 Å². The Kier molecular flexibility index (Phi) is 5.63. The Balaban J connectivity index is 1.70. The van der Waals surface area contributed by atoms with Crippen molar-refractivity contribution in [2.45, 2.75) is 67.2 Å². The Morgan fingerprint density at radius 2 is 1.48 bits per heavy atom. The molecule has 0 radical (unpaired) electrons. The van der Waals surface area contributed by atoms with E-state index in [4.69, 9.17) is 9.47 Å². The first-order valence-corrected chi connectivity index (χ1v) is 8.18. The van der Waals surface area contributed by atoms with Crippen molar-refractivity contribution < 1.29 is 50.3 Å². The van der Waals surface area contributed by atoms with Crippen LogP contribution in [0.1, 0.15) is 0 Å². The molecule has 0 spiro atoms. The van der Waals surface area contributed by atoms with Gasteiger partial charge in [-0.15, -0.1) is 0 Å². The molecule has 0 unspecified atom stereocenters. The molecule has 0 bridgehead atoms. The van der Waals surface area contributed by atoms with Gasteiger partial charge in [0.2, 0.25) is 0 Å². The van der Waals surface area contributed by atoms with Crippen molar-refractivity contribution in [3.8, 4) is 0 Å². The first kappa shape index (κ1) is 19.3. The van der Waals surface area contributed by atoms with Gasteiger partial charge in [-0.05, 0) is 0 Å². The minimum atomic E-state index is -1.61. The Morgan fingerprint density at radius 3 is 2.08 bits per heavy atom. The molecule has 8 N–H and O–H groups in total. The van der Waals surface area contributed by atoms with Crippen molar-refractivity contribution in [1.82, 2.24) is 4.90 Å². The average molecular weight is 367 g/mol. The van der Waals surface area contributed by atoms with Crippen molar-refractivity contribution in [3.05, 3.63) is 0 Å². The van der Waals surface area contributed by atoms with Gasteiger partial charge in [-0.3, -0.25) is 4.90 Å². The van der Waals surface area contributed by atoms with Crippen LogP contribution in [-0.4, -0.2) is 133 Å². The highest BCUT2D eigenvalue weighted by molar-refractivity contribution is 5.10. The highest BCUT2D eigenvalue weighted by Gasteiger charge is 2.58. The average Bonchev–Trinajstić information content (AvgIpc) is 3.03. The van der Waals surface area contributed by atoms with Crippen LogP contribution in [0, 0.1) is 0 Å². The molecule has 25 heavy (non-hydrogen) atoms. The molecule has 3 rings (SSSR count). The number of aliphatic hydroxyl groups is 8. The van der Waals surface area contributed by atoms with Crippen LogP contribution in [0.25, 0.3) is 0 Å². The Morgan fingerprint density at radius 1 is 0.800 bits per heavy atom. The normalized spacial score (nSPS) is 54.0. The first-order chi connectivity index (χ1) is 11.8. The zero-order chi connectivity index (χ0) is 18.5. The lowest BCUT2D eigenvalue weighted by Gasteiger charge is -2.40. The minimum Gasteiger partial charge on any atom is -0.395 e. The van der Waals surface area contributed by atoms with E-state index in [2.05, 4.69) is 0 Å². The molecule has 11 nitrogen and oxygen atoms in total. The molecule has 0 aromatic rings. The Bertz CT molecular complexity index is 467. The molecule has 0 amide bonds. The molecule has 3 aliphatic rings. The van der Waals surface area contributed by atoms with Crippen LogP contribution in [0.4, 0.5) is 0 Å². The maximum atomic E-state index is 10.4. The maximum Gasteiger partial charge on any atom is 0.187 e. The molecule has 0 saturated carbocycles. The van der Waals surface area contributed by atoms with E-state index < -0.39 is 80.4 Å². The zero-order valence-electron chi connectivity index (χ0n) is 13.3. The molecular formula is C14H25NO10. The fraction of sp³-hybridized carbons (Fsp3) is 1.00. The van der Waals surface area contributed by atoms with E-state index in [0.29, 0.717) is 0 Å². The smallest absolute Gasteiger partial charge is 0.187 e. The Hall–Kier alpha value is -0.440. The maximum absolute atomic E-state index is 10.4. The number of aliphatic hydroxyl groups excluding tert-OH is 8. The van der Waals surface area contributed by atoms with Crippen LogP contribution in [0.3, 0.4) is 0 Å². The molecule has 3 fully saturated rings. The topological polar surface area (TPSA) is 184 Å². The summed E-state index contributed by atoms with van der Waals surface area (Å²) >= 11 is 0. The summed E-state index contributed by atoms with van der Waals surface area (Å²) in [6.45, 7) is -0.987. The SMILES string of the molecule is OC[C@@H]1[C@@H](O)[C@H](O)[C@H]2[C@H](O)[C@@H](O[C@H]3O[C@H](CO)[C@@H](O)[C@H](O)[C@H]3O)CN21. The van der Waals surface area contributed by atoms with Crippen molar-refractivity contribution in [1.29, 1.82) is 0 Å². The molecule has 146 valence electrons. The summed E-state index contributed by atoms with van der Waals surface area (Å²) in [5.74, 6) is 0. The van der Waals surface area contributed by atoms with Gasteiger partial charge in [-0.2, -0.15) is 0 Å². The first-order valence-electron chi connectivity index (χ1n) is 8.18. The summed E-state index contributed by atoms with van der Waals surface area (Å²) in [4.78, 5) is 1.52. The van der Waals surface area contributed by atoms with E-state index in [1.54, 1.807) is 0 Å². The van der Waals surface area contributed by atoms with Gasteiger partial charge in [0.15, 0.2) is 6.29 Å². The lowest BCUT2D eigenvalue weighted by atomic mass is 9.99. The van der Waals surface area contributed by atoms with Gasteiger partial charge >= 0.3 is 0 Å². The predicted molar refractivity (Wildman–Crippen MR) is 78.0 cm³/mol. The molecule has 3 aliphatic heterocycles. The van der Waals surface area contributed by atoms with Crippen LogP contribution < -0.4 is 0 Å². The summed E-state index contributed by atoms with van der Waals surface area (Å²) in [5, 5.41) is 78.5. The second-order valence-corrected chi connectivity index (χ2v) is 6.78. The summed E-state index contributed by atoms with van der Waals surface area (Å²) in [6.07, 6.45) is -12.0. The van der Waals surface area contributed by atoms with E-state index in [1.165, 1.54) is 4.90 Å². The van der Waals surface area contributed by atoms with Crippen LogP contribution in [0.5, 0.6) is 0 Å². The number of fused-ring (bicyclic) bond motifs is 1. The largest absolute Gasteiger partial charge is 0.395 e. The standard InChI is InChI=1S/C14H25NO10/c16-2-4-8(18)11(21)7-9(19)5(1-15(4)7)24-14-13(23)12(22)10(20)6(3-17)25-14/h4-14,16-23H,1-3H2/t4-,5+,6-,7-,8-,9-,10-,11-,12+,13-,14+/m1/s1. The van der Waals surface area contributed by atoms with Crippen LogP contribution in [0.15, 0.2) is 0 Å². The molecule has 11 heteroatoms. The van der Waals surface area contributed by atoms with E-state index in [0.717, 1.165) is 0 Å². The van der Waals surface area contributed by atoms with Gasteiger partial charge < -0.3 is 50.3 Å². The van der Waals surface area contributed by atoms with Crippen molar-refractivity contribution in [3.63, 3.8) is 0 Å². The molecular weight excluding hydrogens is 342 g/mol. The fourth-order valence-corrected chi connectivity index (χ4v) is 3.92. The molecule has 0 aromatic heterocycles. The van der Waals surface area contributed by atoms with Gasteiger partial charge in [0.1, 0.15) is 30.5 Å². The van der Waals surface area contributed by atoms with E-state index in [1.807, 2.05) is 0 Å². The summed E-state index contributed by atoms with van der Waals surface area (Å²) in [7, 11) is 0. The van der Waals surface area contributed by atoms with Crippen LogP contribution in [-0.2, 0) is 9.47 Å². The highest BCUT2D eigenvalue weighted by Crippen LogP contribution is 2.36.